The third kappa shape index (κ3) is 4.44. The van der Waals surface area contributed by atoms with Gasteiger partial charge in [-0.1, -0.05) is 46.9 Å². The summed E-state index contributed by atoms with van der Waals surface area (Å²) in [4.78, 5) is 4.49. The summed E-state index contributed by atoms with van der Waals surface area (Å²) >= 11 is 19.5. The molecule has 0 aliphatic carbocycles. The number of nitrogens with zero attached hydrogens (tertiary/aromatic N) is 2. The molecule has 128 valence electrons. The number of thiazole rings is 1. The fourth-order valence-corrected chi connectivity index (χ4v) is 3.51. The summed E-state index contributed by atoms with van der Waals surface area (Å²) in [5.41, 5.74) is 5.40. The monoisotopic (exact) mass is 411 g/mol. The number of aromatic nitrogens is 1. The van der Waals surface area contributed by atoms with Crippen molar-refractivity contribution in [3.63, 3.8) is 0 Å². The Morgan fingerprint density at radius 2 is 1.88 bits per heavy atom. The molecule has 0 aliphatic heterocycles. The van der Waals surface area contributed by atoms with Crippen LogP contribution >= 0.6 is 46.1 Å². The fraction of sp³-hybridized carbons (Fsp3) is 0.0588. The van der Waals surface area contributed by atoms with E-state index in [2.05, 4.69) is 15.5 Å². The second kappa shape index (κ2) is 8.06. The Morgan fingerprint density at radius 3 is 2.60 bits per heavy atom. The fourth-order valence-electron chi connectivity index (χ4n) is 2.13. The number of anilines is 1. The average molecular weight is 413 g/mol. The number of benzene rings is 2. The first kappa shape index (κ1) is 18.0. The summed E-state index contributed by atoms with van der Waals surface area (Å²) in [6.45, 7) is 0. The van der Waals surface area contributed by atoms with Crippen LogP contribution in [0, 0.1) is 0 Å². The van der Waals surface area contributed by atoms with E-state index in [1.165, 1.54) is 11.3 Å². The molecule has 1 heterocycles. The average Bonchev–Trinajstić information content (AvgIpc) is 3.04. The van der Waals surface area contributed by atoms with E-state index < -0.39 is 0 Å². The maximum Gasteiger partial charge on any atom is 0.203 e. The van der Waals surface area contributed by atoms with Crippen molar-refractivity contribution in [2.24, 2.45) is 5.10 Å². The molecular weight excluding hydrogens is 401 g/mol. The van der Waals surface area contributed by atoms with E-state index in [0.717, 1.165) is 11.3 Å². The zero-order valence-electron chi connectivity index (χ0n) is 13.0. The molecule has 0 spiro atoms. The zero-order chi connectivity index (χ0) is 17.8. The lowest BCUT2D eigenvalue weighted by Crippen LogP contribution is -1.95. The Hall–Kier alpha value is -1.79. The van der Waals surface area contributed by atoms with Crippen molar-refractivity contribution in [1.82, 2.24) is 4.98 Å². The number of nitrogens with one attached hydrogen (secondary N) is 1. The van der Waals surface area contributed by atoms with Gasteiger partial charge < -0.3 is 4.74 Å². The SMILES string of the molecule is COc1c(Cl)cc(Cl)cc1/C=N\Nc1nc(-c2ccc(Cl)cc2)cs1. The molecule has 0 unspecified atom stereocenters. The molecule has 2 aromatic carbocycles. The lowest BCUT2D eigenvalue weighted by atomic mass is 10.2. The molecule has 0 saturated carbocycles. The van der Waals surface area contributed by atoms with Gasteiger partial charge in [0.15, 0.2) is 0 Å². The first-order valence-electron chi connectivity index (χ1n) is 7.10. The van der Waals surface area contributed by atoms with Crippen molar-refractivity contribution in [1.29, 1.82) is 0 Å². The smallest absolute Gasteiger partial charge is 0.203 e. The predicted octanol–water partition coefficient (Wildman–Crippen LogP) is 6.22. The van der Waals surface area contributed by atoms with Crippen molar-refractivity contribution >= 4 is 57.5 Å². The molecule has 0 radical (unpaired) electrons. The van der Waals surface area contributed by atoms with Gasteiger partial charge in [-0.15, -0.1) is 11.3 Å². The number of methoxy groups -OCH3 is 1. The second-order valence-corrected chi connectivity index (χ2v) is 7.06. The lowest BCUT2D eigenvalue weighted by molar-refractivity contribution is 0.414. The van der Waals surface area contributed by atoms with Crippen LogP contribution in [-0.4, -0.2) is 18.3 Å². The van der Waals surface area contributed by atoms with E-state index in [9.17, 15) is 0 Å². The summed E-state index contributed by atoms with van der Waals surface area (Å²) in [5, 5.41) is 8.40. The highest BCUT2D eigenvalue weighted by atomic mass is 35.5. The molecule has 25 heavy (non-hydrogen) atoms. The summed E-state index contributed by atoms with van der Waals surface area (Å²) < 4.78 is 5.27. The van der Waals surface area contributed by atoms with Crippen LogP contribution in [0.3, 0.4) is 0 Å². The van der Waals surface area contributed by atoms with Crippen molar-refractivity contribution < 1.29 is 4.74 Å². The molecule has 0 atom stereocenters. The molecular formula is C17H12Cl3N3OS. The molecule has 0 bridgehead atoms. The zero-order valence-corrected chi connectivity index (χ0v) is 16.0. The lowest BCUT2D eigenvalue weighted by Gasteiger charge is -2.07. The van der Waals surface area contributed by atoms with Gasteiger partial charge in [-0.3, -0.25) is 5.43 Å². The number of ether oxygens (including phenoxy) is 1. The minimum absolute atomic E-state index is 0.427. The molecule has 0 fully saturated rings. The summed E-state index contributed by atoms with van der Waals surface area (Å²) in [6, 6.07) is 10.8. The Labute approximate surface area is 164 Å². The van der Waals surface area contributed by atoms with Crippen LogP contribution in [0.15, 0.2) is 46.9 Å². The van der Waals surface area contributed by atoms with Crippen LogP contribution < -0.4 is 10.2 Å². The Balaban J connectivity index is 1.74. The van der Waals surface area contributed by atoms with Gasteiger partial charge in [-0.05, 0) is 24.3 Å². The van der Waals surface area contributed by atoms with E-state index in [-0.39, 0.29) is 0 Å². The molecule has 3 aromatic rings. The standard InChI is InChI=1S/C17H12Cl3N3OS/c1-24-16-11(6-13(19)7-14(16)20)8-21-23-17-22-15(9-25-17)10-2-4-12(18)5-3-10/h2-9H,1H3,(H,22,23)/b21-8-. The van der Waals surface area contributed by atoms with Crippen molar-refractivity contribution in [3.05, 3.63) is 62.4 Å². The van der Waals surface area contributed by atoms with Crippen LogP contribution in [-0.2, 0) is 0 Å². The van der Waals surface area contributed by atoms with Gasteiger partial charge in [0.25, 0.3) is 0 Å². The van der Waals surface area contributed by atoms with Gasteiger partial charge in [0.2, 0.25) is 5.13 Å². The molecule has 3 rings (SSSR count). The van der Waals surface area contributed by atoms with Gasteiger partial charge in [-0.2, -0.15) is 5.10 Å². The molecule has 0 aliphatic rings. The van der Waals surface area contributed by atoms with E-state index in [0.29, 0.717) is 31.5 Å². The van der Waals surface area contributed by atoms with Gasteiger partial charge in [0.05, 0.1) is 24.0 Å². The van der Waals surface area contributed by atoms with Crippen molar-refractivity contribution in [3.8, 4) is 17.0 Å². The maximum atomic E-state index is 6.10. The van der Waals surface area contributed by atoms with Crippen LogP contribution in [0.25, 0.3) is 11.3 Å². The molecule has 0 amide bonds. The third-order valence-electron chi connectivity index (χ3n) is 3.25. The first-order valence-corrected chi connectivity index (χ1v) is 9.12. The Bertz CT molecular complexity index is 910. The minimum atomic E-state index is 0.427. The number of hydrogen-bond donors (Lipinski definition) is 1. The maximum absolute atomic E-state index is 6.10. The van der Waals surface area contributed by atoms with Gasteiger partial charge in [0.1, 0.15) is 5.75 Å². The largest absolute Gasteiger partial charge is 0.495 e. The predicted molar refractivity (Wildman–Crippen MR) is 107 cm³/mol. The highest BCUT2D eigenvalue weighted by Crippen LogP contribution is 2.31. The van der Waals surface area contributed by atoms with Gasteiger partial charge >= 0.3 is 0 Å². The van der Waals surface area contributed by atoms with Gasteiger partial charge in [0, 0.05) is 26.6 Å². The first-order chi connectivity index (χ1) is 12.1. The summed E-state index contributed by atoms with van der Waals surface area (Å²) in [7, 11) is 1.54. The third-order valence-corrected chi connectivity index (χ3v) is 4.75. The highest BCUT2D eigenvalue weighted by molar-refractivity contribution is 7.14. The van der Waals surface area contributed by atoms with Crippen LogP contribution in [0.1, 0.15) is 5.56 Å². The van der Waals surface area contributed by atoms with Crippen LogP contribution in [0.4, 0.5) is 5.13 Å². The van der Waals surface area contributed by atoms with Crippen LogP contribution in [0.5, 0.6) is 5.75 Å². The highest BCUT2D eigenvalue weighted by Gasteiger charge is 2.08. The summed E-state index contributed by atoms with van der Waals surface area (Å²) in [6.07, 6.45) is 1.58. The van der Waals surface area contributed by atoms with E-state index >= 15 is 0 Å². The van der Waals surface area contributed by atoms with E-state index in [4.69, 9.17) is 39.5 Å². The van der Waals surface area contributed by atoms with Crippen LogP contribution in [0.2, 0.25) is 15.1 Å². The number of rotatable bonds is 5. The molecule has 4 nitrogen and oxygen atoms in total. The molecule has 8 heteroatoms. The van der Waals surface area contributed by atoms with Crippen molar-refractivity contribution in [2.45, 2.75) is 0 Å². The second-order valence-electron chi connectivity index (χ2n) is 4.92. The molecule has 1 N–H and O–H groups in total. The number of hydrogen-bond acceptors (Lipinski definition) is 5. The number of hydrazone groups is 1. The number of halogens is 3. The normalized spacial score (nSPS) is 11.0. The van der Waals surface area contributed by atoms with E-state index in [1.807, 2.05) is 29.6 Å². The quantitative estimate of drug-likeness (QED) is 0.399. The molecule has 1 aromatic heterocycles. The van der Waals surface area contributed by atoms with Gasteiger partial charge in [-0.25, -0.2) is 4.98 Å². The Morgan fingerprint density at radius 1 is 1.12 bits per heavy atom. The minimum Gasteiger partial charge on any atom is -0.495 e. The summed E-state index contributed by atoms with van der Waals surface area (Å²) in [5.74, 6) is 0.512. The van der Waals surface area contributed by atoms with E-state index in [1.54, 1.807) is 25.5 Å². The topological polar surface area (TPSA) is 46.5 Å². The molecule has 0 saturated heterocycles. The van der Waals surface area contributed by atoms with Crippen molar-refractivity contribution in [2.75, 3.05) is 12.5 Å². The Kier molecular flexibility index (Phi) is 5.81.